The second-order valence-corrected chi connectivity index (χ2v) is 5.10. The maximum Gasteiger partial charge on any atom is 0.126 e. The molecule has 1 atom stereocenters. The van der Waals surface area contributed by atoms with Gasteiger partial charge in [0.15, 0.2) is 0 Å². The molecule has 2 aromatic rings. The topological polar surface area (TPSA) is 25.2 Å². The lowest BCUT2D eigenvalue weighted by Crippen LogP contribution is -2.24. The molecule has 0 radical (unpaired) electrons. The molecule has 0 aliphatic heterocycles. The minimum Gasteiger partial charge on any atom is -0.464 e. The average Bonchev–Trinajstić information content (AvgIpc) is 2.95. The van der Waals surface area contributed by atoms with Gasteiger partial charge in [0.1, 0.15) is 23.2 Å². The van der Waals surface area contributed by atoms with E-state index >= 15 is 0 Å². The molecule has 1 aromatic heterocycles. The van der Waals surface area contributed by atoms with E-state index in [1.54, 1.807) is 0 Å². The Morgan fingerprint density at radius 2 is 1.95 bits per heavy atom. The molecular weight excluding hydrogens is 272 g/mol. The van der Waals surface area contributed by atoms with E-state index in [4.69, 9.17) is 4.42 Å². The minimum absolute atomic E-state index is 0.151. The van der Waals surface area contributed by atoms with Gasteiger partial charge in [-0.1, -0.05) is 13.8 Å². The Balaban J connectivity index is 2.21. The second kappa shape index (κ2) is 7.36. The molecule has 1 unspecified atom stereocenters. The van der Waals surface area contributed by atoms with Crippen LogP contribution in [0.1, 0.15) is 43.4 Å². The van der Waals surface area contributed by atoms with Gasteiger partial charge in [-0.05, 0) is 55.3 Å². The Morgan fingerprint density at radius 1 is 1.14 bits per heavy atom. The van der Waals surface area contributed by atoms with Crippen molar-refractivity contribution in [3.05, 3.63) is 59.1 Å². The molecule has 0 fully saturated rings. The predicted molar refractivity (Wildman–Crippen MR) is 79.2 cm³/mol. The average molecular weight is 293 g/mol. The number of hydrogen-bond donors (Lipinski definition) is 1. The fourth-order valence-corrected chi connectivity index (χ4v) is 2.28. The number of benzene rings is 1. The lowest BCUT2D eigenvalue weighted by Gasteiger charge is -2.17. The molecule has 2 nitrogen and oxygen atoms in total. The lowest BCUT2D eigenvalue weighted by molar-refractivity contribution is 0.389. The highest BCUT2D eigenvalue weighted by molar-refractivity contribution is 5.22. The van der Waals surface area contributed by atoms with Gasteiger partial charge in [-0.15, -0.1) is 0 Å². The van der Waals surface area contributed by atoms with Crippen molar-refractivity contribution in [2.24, 2.45) is 0 Å². The first kappa shape index (κ1) is 15.7. The fraction of sp³-hybridized carbons (Fsp3) is 0.412. The summed E-state index contributed by atoms with van der Waals surface area (Å²) < 4.78 is 32.9. The Morgan fingerprint density at radius 3 is 2.62 bits per heavy atom. The van der Waals surface area contributed by atoms with Gasteiger partial charge in [-0.3, -0.25) is 0 Å². The van der Waals surface area contributed by atoms with Crippen molar-refractivity contribution in [3.63, 3.8) is 0 Å². The first-order valence-corrected chi connectivity index (χ1v) is 7.40. The van der Waals surface area contributed by atoms with Crippen LogP contribution < -0.4 is 5.32 Å². The van der Waals surface area contributed by atoms with E-state index in [1.165, 1.54) is 12.1 Å². The van der Waals surface area contributed by atoms with E-state index in [2.05, 4.69) is 12.2 Å². The standard InChI is InChI=1S/C17H21F2NO/c1-3-9-20-16(17-8-6-14(4-2)21-17)11-12-10-13(18)5-7-15(12)19/h5-8,10,16,20H,3-4,9,11H2,1-2H3. The number of furan rings is 1. The maximum atomic E-state index is 13.8. The Bertz CT molecular complexity index is 580. The quantitative estimate of drug-likeness (QED) is 0.818. The Kier molecular flexibility index (Phi) is 5.51. The molecule has 1 heterocycles. The number of aryl methyl sites for hydroxylation is 1. The third kappa shape index (κ3) is 4.14. The molecule has 0 aliphatic rings. The zero-order chi connectivity index (χ0) is 15.2. The van der Waals surface area contributed by atoms with Crippen LogP contribution in [-0.2, 0) is 12.8 Å². The van der Waals surface area contributed by atoms with Gasteiger partial charge in [-0.25, -0.2) is 8.78 Å². The third-order valence-corrected chi connectivity index (χ3v) is 3.45. The van der Waals surface area contributed by atoms with E-state index in [-0.39, 0.29) is 11.9 Å². The van der Waals surface area contributed by atoms with Crippen LogP contribution in [0.15, 0.2) is 34.7 Å². The highest BCUT2D eigenvalue weighted by atomic mass is 19.1. The smallest absolute Gasteiger partial charge is 0.126 e. The fourth-order valence-electron chi connectivity index (χ4n) is 2.28. The number of rotatable bonds is 7. The number of hydrogen-bond acceptors (Lipinski definition) is 2. The summed E-state index contributed by atoms with van der Waals surface area (Å²) in [6, 6.07) is 7.24. The van der Waals surface area contributed by atoms with E-state index in [9.17, 15) is 8.78 Å². The first-order chi connectivity index (χ1) is 10.1. The summed E-state index contributed by atoms with van der Waals surface area (Å²) in [6.07, 6.45) is 2.14. The molecule has 0 saturated carbocycles. The van der Waals surface area contributed by atoms with E-state index in [0.717, 1.165) is 37.0 Å². The van der Waals surface area contributed by atoms with Crippen molar-refractivity contribution in [1.82, 2.24) is 5.32 Å². The zero-order valence-corrected chi connectivity index (χ0v) is 12.5. The number of halogens is 2. The van der Waals surface area contributed by atoms with Crippen LogP contribution in [0.3, 0.4) is 0 Å². The summed E-state index contributed by atoms with van der Waals surface area (Å²) in [6.45, 7) is 4.87. The van der Waals surface area contributed by atoms with E-state index in [0.29, 0.717) is 12.0 Å². The molecule has 0 spiro atoms. The summed E-state index contributed by atoms with van der Waals surface area (Å²) >= 11 is 0. The summed E-state index contributed by atoms with van der Waals surface area (Å²) in [4.78, 5) is 0. The highest BCUT2D eigenvalue weighted by Crippen LogP contribution is 2.23. The van der Waals surface area contributed by atoms with Crippen LogP contribution in [0, 0.1) is 11.6 Å². The molecule has 0 amide bonds. The lowest BCUT2D eigenvalue weighted by atomic mass is 10.0. The molecule has 0 bridgehead atoms. The van der Waals surface area contributed by atoms with Gasteiger partial charge >= 0.3 is 0 Å². The van der Waals surface area contributed by atoms with Crippen LogP contribution in [0.2, 0.25) is 0 Å². The second-order valence-electron chi connectivity index (χ2n) is 5.10. The normalized spacial score (nSPS) is 12.6. The van der Waals surface area contributed by atoms with Crippen LogP contribution in [-0.4, -0.2) is 6.54 Å². The van der Waals surface area contributed by atoms with Crippen molar-refractivity contribution in [2.45, 2.75) is 39.2 Å². The van der Waals surface area contributed by atoms with E-state index < -0.39 is 5.82 Å². The summed E-state index contributed by atoms with van der Waals surface area (Å²) in [5.74, 6) is 0.855. The van der Waals surface area contributed by atoms with Crippen molar-refractivity contribution >= 4 is 0 Å². The molecule has 1 aromatic carbocycles. The van der Waals surface area contributed by atoms with Crippen molar-refractivity contribution < 1.29 is 13.2 Å². The molecule has 2 rings (SSSR count). The van der Waals surface area contributed by atoms with Crippen molar-refractivity contribution in [1.29, 1.82) is 0 Å². The summed E-state index contributed by atoms with van der Waals surface area (Å²) in [5.41, 5.74) is 0.359. The summed E-state index contributed by atoms with van der Waals surface area (Å²) in [5, 5.41) is 3.34. The van der Waals surface area contributed by atoms with Gasteiger partial charge in [0.05, 0.1) is 6.04 Å². The SMILES string of the molecule is CCCNC(Cc1cc(F)ccc1F)c1ccc(CC)o1. The zero-order valence-electron chi connectivity index (χ0n) is 12.5. The van der Waals surface area contributed by atoms with Crippen LogP contribution in [0.4, 0.5) is 8.78 Å². The minimum atomic E-state index is -0.422. The molecule has 0 aliphatic carbocycles. The molecule has 4 heteroatoms. The Labute approximate surface area is 124 Å². The maximum absolute atomic E-state index is 13.8. The monoisotopic (exact) mass is 293 g/mol. The summed E-state index contributed by atoms with van der Waals surface area (Å²) in [7, 11) is 0. The van der Waals surface area contributed by atoms with Crippen molar-refractivity contribution in [3.8, 4) is 0 Å². The Hall–Kier alpha value is -1.68. The largest absolute Gasteiger partial charge is 0.464 e. The highest BCUT2D eigenvalue weighted by Gasteiger charge is 2.18. The van der Waals surface area contributed by atoms with Gasteiger partial charge in [0.2, 0.25) is 0 Å². The van der Waals surface area contributed by atoms with Crippen LogP contribution >= 0.6 is 0 Å². The molecule has 21 heavy (non-hydrogen) atoms. The van der Waals surface area contributed by atoms with Gasteiger partial charge in [0.25, 0.3) is 0 Å². The molecular formula is C17H21F2NO. The van der Waals surface area contributed by atoms with Crippen molar-refractivity contribution in [2.75, 3.05) is 6.54 Å². The number of nitrogens with one attached hydrogen (secondary N) is 1. The van der Waals surface area contributed by atoms with Gasteiger partial charge in [-0.2, -0.15) is 0 Å². The molecule has 1 N–H and O–H groups in total. The first-order valence-electron chi connectivity index (χ1n) is 7.40. The van der Waals surface area contributed by atoms with Crippen LogP contribution in [0.25, 0.3) is 0 Å². The third-order valence-electron chi connectivity index (χ3n) is 3.45. The predicted octanol–water partition coefficient (Wildman–Crippen LogP) is 4.40. The van der Waals surface area contributed by atoms with Gasteiger partial charge in [0, 0.05) is 6.42 Å². The molecule has 0 saturated heterocycles. The van der Waals surface area contributed by atoms with Gasteiger partial charge < -0.3 is 9.73 Å². The van der Waals surface area contributed by atoms with E-state index in [1.807, 2.05) is 19.1 Å². The molecule has 114 valence electrons. The van der Waals surface area contributed by atoms with Crippen LogP contribution in [0.5, 0.6) is 0 Å².